The van der Waals surface area contributed by atoms with Gasteiger partial charge in [0.25, 0.3) is 10.0 Å². The fourth-order valence-corrected chi connectivity index (χ4v) is 3.13. The lowest BCUT2D eigenvalue weighted by atomic mass is 10.3. The summed E-state index contributed by atoms with van der Waals surface area (Å²) >= 11 is 0. The van der Waals surface area contributed by atoms with E-state index in [1.807, 2.05) is 0 Å². The maximum absolute atomic E-state index is 14.0. The Morgan fingerprint density at radius 3 is 2.38 bits per heavy atom. The fourth-order valence-electron chi connectivity index (χ4n) is 1.87. The normalized spacial score (nSPS) is 12.2. The van der Waals surface area contributed by atoms with Crippen molar-refractivity contribution < 1.29 is 27.4 Å². The molecule has 1 heterocycles. The summed E-state index contributed by atoms with van der Waals surface area (Å²) < 4.78 is 44.5. The van der Waals surface area contributed by atoms with Crippen LogP contribution in [0.25, 0.3) is 0 Å². The third-order valence-corrected chi connectivity index (χ3v) is 4.70. The molecule has 0 saturated heterocycles. The van der Waals surface area contributed by atoms with Crippen molar-refractivity contribution in [3.05, 3.63) is 52.3 Å². The van der Waals surface area contributed by atoms with Gasteiger partial charge in [-0.25, -0.2) is 22.4 Å². The zero-order valence-corrected chi connectivity index (χ0v) is 13.3. The van der Waals surface area contributed by atoms with Crippen molar-refractivity contribution in [3.8, 4) is 5.75 Å². The number of hydrogen-bond donors (Lipinski definition) is 1. The highest BCUT2D eigenvalue weighted by Gasteiger charge is 2.21. The molecule has 1 aromatic carbocycles. The molecule has 128 valence electrons. The maximum atomic E-state index is 14.0. The van der Waals surface area contributed by atoms with Crippen LogP contribution in [0.1, 0.15) is 0 Å². The van der Waals surface area contributed by atoms with Crippen LogP contribution in [-0.4, -0.2) is 35.3 Å². The minimum Gasteiger partial charge on any atom is -0.497 e. The summed E-state index contributed by atoms with van der Waals surface area (Å²) in [6, 6.07) is 5.10. The number of amides is 1. The van der Waals surface area contributed by atoms with Crippen LogP contribution in [0.4, 0.5) is 9.18 Å². The first-order chi connectivity index (χ1) is 11.2. The van der Waals surface area contributed by atoms with Gasteiger partial charge in [-0.2, -0.15) is 8.96 Å². The Bertz CT molecular complexity index is 1020. The lowest BCUT2D eigenvalue weighted by Gasteiger charge is -2.10. The van der Waals surface area contributed by atoms with E-state index in [0.29, 0.717) is 16.5 Å². The van der Waals surface area contributed by atoms with Gasteiger partial charge in [-0.15, -0.1) is 0 Å². The molecule has 0 saturated carbocycles. The van der Waals surface area contributed by atoms with Crippen LogP contribution in [0.3, 0.4) is 0 Å². The third-order valence-electron chi connectivity index (χ3n) is 3.06. The molecule has 0 bridgehead atoms. The topological polar surface area (TPSA) is 120 Å². The van der Waals surface area contributed by atoms with E-state index in [1.165, 1.54) is 31.4 Å². The Labute approximate surface area is 134 Å². The second-order valence-corrected chi connectivity index (χ2v) is 6.33. The smallest absolute Gasteiger partial charge is 0.433 e. The highest BCUT2D eigenvalue weighted by molar-refractivity contribution is 7.90. The van der Waals surface area contributed by atoms with Crippen LogP contribution in [0.15, 0.2) is 45.1 Å². The Morgan fingerprint density at radius 1 is 1.29 bits per heavy atom. The van der Waals surface area contributed by atoms with Gasteiger partial charge in [-0.05, 0) is 24.3 Å². The molecule has 0 aliphatic heterocycles. The van der Waals surface area contributed by atoms with E-state index in [0.717, 1.165) is 7.05 Å². The molecule has 0 radical (unpaired) electrons. The standard InChI is InChI=1S/C13H12FN3O6S/c1-16-11(15-12(18)19)10(14)7-17(13(16)20)24(21,22)9-5-3-8(23-2)4-6-9/h3-7H,1-2H3,(H,18,19)/b15-11-. The quantitative estimate of drug-likeness (QED) is 0.835. The van der Waals surface area contributed by atoms with Crippen molar-refractivity contribution in [1.82, 2.24) is 8.54 Å². The Morgan fingerprint density at radius 2 is 1.88 bits per heavy atom. The Balaban J connectivity index is 2.72. The van der Waals surface area contributed by atoms with Crippen molar-refractivity contribution in [2.24, 2.45) is 12.0 Å². The first kappa shape index (κ1) is 17.4. The zero-order chi connectivity index (χ0) is 18.1. The lowest BCUT2D eigenvalue weighted by Crippen LogP contribution is -2.42. The summed E-state index contributed by atoms with van der Waals surface area (Å²) in [5, 5.41) is 8.58. The predicted molar refractivity (Wildman–Crippen MR) is 78.8 cm³/mol. The number of hydrogen-bond acceptors (Lipinski definition) is 5. The van der Waals surface area contributed by atoms with Crippen LogP contribution < -0.4 is 15.9 Å². The number of rotatable bonds is 3. The molecular weight excluding hydrogens is 345 g/mol. The molecule has 0 atom stereocenters. The van der Waals surface area contributed by atoms with E-state index >= 15 is 0 Å². The summed E-state index contributed by atoms with van der Waals surface area (Å²) in [6.07, 6.45) is -1.34. The number of halogens is 1. The number of methoxy groups -OCH3 is 1. The van der Waals surface area contributed by atoms with Crippen LogP contribution >= 0.6 is 0 Å². The molecule has 11 heteroatoms. The number of carboxylic acid groups (broad SMARTS) is 1. The lowest BCUT2D eigenvalue weighted by molar-refractivity contribution is 0.204. The molecule has 0 aliphatic rings. The number of ether oxygens (including phenoxy) is 1. The van der Waals surface area contributed by atoms with Crippen LogP contribution in [0.5, 0.6) is 5.75 Å². The van der Waals surface area contributed by atoms with E-state index in [9.17, 15) is 22.4 Å². The highest BCUT2D eigenvalue weighted by atomic mass is 32.2. The molecular formula is C13H12FN3O6S. The maximum Gasteiger partial charge on any atom is 0.433 e. The summed E-state index contributed by atoms with van der Waals surface area (Å²) in [7, 11) is -1.98. The first-order valence-electron chi connectivity index (χ1n) is 6.34. The first-order valence-corrected chi connectivity index (χ1v) is 7.78. The molecule has 1 aromatic heterocycles. The molecule has 1 N–H and O–H groups in total. The number of nitrogens with zero attached hydrogens (tertiary/aromatic N) is 3. The average molecular weight is 357 g/mol. The van der Waals surface area contributed by atoms with Gasteiger partial charge in [0.2, 0.25) is 0 Å². The zero-order valence-electron chi connectivity index (χ0n) is 12.5. The van der Waals surface area contributed by atoms with Crippen molar-refractivity contribution in [3.63, 3.8) is 0 Å². The van der Waals surface area contributed by atoms with Gasteiger partial charge in [0, 0.05) is 7.05 Å². The second kappa shape index (κ2) is 6.28. The summed E-state index contributed by atoms with van der Waals surface area (Å²) in [6.45, 7) is 0. The van der Waals surface area contributed by atoms with Crippen molar-refractivity contribution >= 4 is 16.1 Å². The Hall–Kier alpha value is -2.95. The van der Waals surface area contributed by atoms with Gasteiger partial charge < -0.3 is 9.84 Å². The van der Waals surface area contributed by atoms with Gasteiger partial charge in [0.05, 0.1) is 18.2 Å². The molecule has 0 unspecified atom stereocenters. The number of benzene rings is 1. The van der Waals surface area contributed by atoms with E-state index in [2.05, 4.69) is 4.99 Å². The average Bonchev–Trinajstić information content (AvgIpc) is 2.54. The fraction of sp³-hybridized carbons (Fsp3) is 0.154. The van der Waals surface area contributed by atoms with Gasteiger partial charge in [0.1, 0.15) is 5.75 Å². The molecule has 9 nitrogen and oxygen atoms in total. The minimum absolute atomic E-state index is 0.172. The Kier molecular flexibility index (Phi) is 4.55. The molecule has 0 fully saturated rings. The van der Waals surface area contributed by atoms with Crippen molar-refractivity contribution in [2.75, 3.05) is 7.11 Å². The predicted octanol–water partition coefficient (Wildman–Crippen LogP) is 0.150. The van der Waals surface area contributed by atoms with Gasteiger partial charge >= 0.3 is 11.8 Å². The largest absolute Gasteiger partial charge is 0.497 e. The van der Waals surface area contributed by atoms with Gasteiger partial charge in [0.15, 0.2) is 11.3 Å². The van der Waals surface area contributed by atoms with Crippen LogP contribution in [0.2, 0.25) is 0 Å². The number of carbonyl (C=O) groups is 1. The molecule has 2 rings (SSSR count). The van der Waals surface area contributed by atoms with Gasteiger partial charge in [-0.3, -0.25) is 4.57 Å². The SMILES string of the molecule is COc1ccc(S(=O)(=O)n2cc(F)/c(=N/C(=O)O)n(C)c2=O)cc1. The summed E-state index contributed by atoms with van der Waals surface area (Å²) in [4.78, 5) is 25.4. The summed E-state index contributed by atoms with van der Waals surface area (Å²) in [5.74, 6) is -0.884. The van der Waals surface area contributed by atoms with Crippen molar-refractivity contribution in [1.29, 1.82) is 0 Å². The highest BCUT2D eigenvalue weighted by Crippen LogP contribution is 2.17. The van der Waals surface area contributed by atoms with E-state index in [4.69, 9.17) is 9.84 Å². The molecule has 2 aromatic rings. The monoisotopic (exact) mass is 357 g/mol. The number of aromatic nitrogens is 2. The second-order valence-electron chi connectivity index (χ2n) is 4.51. The summed E-state index contributed by atoms with van der Waals surface area (Å²) in [5.41, 5.74) is -1.97. The van der Waals surface area contributed by atoms with Crippen LogP contribution in [-0.2, 0) is 17.1 Å². The minimum atomic E-state index is -4.39. The molecule has 24 heavy (non-hydrogen) atoms. The van der Waals surface area contributed by atoms with Gasteiger partial charge in [-0.1, -0.05) is 0 Å². The van der Waals surface area contributed by atoms with E-state index in [1.54, 1.807) is 0 Å². The van der Waals surface area contributed by atoms with E-state index in [-0.39, 0.29) is 8.87 Å². The van der Waals surface area contributed by atoms with Crippen molar-refractivity contribution in [2.45, 2.75) is 4.90 Å². The molecule has 0 aliphatic carbocycles. The van der Waals surface area contributed by atoms with Crippen LogP contribution in [0, 0.1) is 5.82 Å². The van der Waals surface area contributed by atoms with E-state index < -0.39 is 33.1 Å². The third kappa shape index (κ3) is 3.06. The molecule has 1 amide bonds. The molecule has 0 spiro atoms.